The van der Waals surface area contributed by atoms with Gasteiger partial charge in [-0.05, 0) is 90.5 Å². The van der Waals surface area contributed by atoms with Gasteiger partial charge in [-0.25, -0.2) is 4.79 Å². The maximum Gasteiger partial charge on any atom is 0.408 e. The van der Waals surface area contributed by atoms with E-state index < -0.39 is 53.6 Å². The summed E-state index contributed by atoms with van der Waals surface area (Å²) in [4.78, 5) is 67.9. The van der Waals surface area contributed by atoms with Crippen molar-refractivity contribution in [3.8, 4) is 5.75 Å². The van der Waals surface area contributed by atoms with Crippen LogP contribution in [0.4, 0.5) is 4.79 Å². The number of nitrogens with zero attached hydrogens (tertiary/aromatic N) is 1. The van der Waals surface area contributed by atoms with E-state index in [1.54, 1.807) is 20.8 Å². The number of alkyl carbamates (subject to hydrolysis) is 1. The summed E-state index contributed by atoms with van der Waals surface area (Å²) in [7, 11) is 0. The third-order valence-electron chi connectivity index (χ3n) is 8.74. The predicted octanol–water partition coefficient (Wildman–Crippen LogP) is 3.79. The molecule has 2 aromatic carbocycles. The second kappa shape index (κ2) is 16.4. The number of hydrogen-bond acceptors (Lipinski definition) is 7. The molecule has 272 valence electrons. The zero-order chi connectivity index (χ0) is 36.6. The minimum Gasteiger partial charge on any atom is -0.488 e. The van der Waals surface area contributed by atoms with E-state index in [0.717, 1.165) is 11.1 Å². The molecule has 1 saturated carbocycles. The van der Waals surface area contributed by atoms with Crippen molar-refractivity contribution in [1.29, 1.82) is 0 Å². The second-order valence-electron chi connectivity index (χ2n) is 15.3. The van der Waals surface area contributed by atoms with Gasteiger partial charge in [0.25, 0.3) is 0 Å². The average Bonchev–Trinajstić information content (AvgIpc) is 3.70. The molecule has 0 bridgehead atoms. The van der Waals surface area contributed by atoms with Crippen LogP contribution in [0.5, 0.6) is 5.75 Å². The Balaban J connectivity index is 1.49. The van der Waals surface area contributed by atoms with Crippen LogP contribution in [0.25, 0.3) is 0 Å². The van der Waals surface area contributed by atoms with Crippen LogP contribution in [0.15, 0.2) is 54.6 Å². The first-order valence-corrected chi connectivity index (χ1v) is 17.5. The first-order valence-electron chi connectivity index (χ1n) is 17.5. The highest BCUT2D eigenvalue weighted by molar-refractivity contribution is 5.93. The van der Waals surface area contributed by atoms with E-state index in [9.17, 15) is 24.0 Å². The van der Waals surface area contributed by atoms with E-state index in [0.29, 0.717) is 44.4 Å². The topological polar surface area (TPSA) is 169 Å². The van der Waals surface area contributed by atoms with Crippen LogP contribution in [-0.2, 0) is 36.8 Å². The summed E-state index contributed by atoms with van der Waals surface area (Å²) >= 11 is 0. The smallest absolute Gasteiger partial charge is 0.408 e. The average molecular weight is 692 g/mol. The van der Waals surface area contributed by atoms with Gasteiger partial charge in [-0.3, -0.25) is 19.2 Å². The van der Waals surface area contributed by atoms with Crippen LogP contribution in [-0.4, -0.2) is 76.5 Å². The molecule has 0 radical (unpaired) electrons. The van der Waals surface area contributed by atoms with Gasteiger partial charge >= 0.3 is 6.09 Å². The number of primary amides is 1. The van der Waals surface area contributed by atoms with Crippen molar-refractivity contribution in [1.82, 2.24) is 20.9 Å². The molecule has 12 heteroatoms. The van der Waals surface area contributed by atoms with Gasteiger partial charge in [0.05, 0.1) is 5.92 Å². The van der Waals surface area contributed by atoms with E-state index in [1.807, 2.05) is 75.4 Å². The van der Waals surface area contributed by atoms with Gasteiger partial charge in [0.15, 0.2) is 0 Å². The molecule has 1 saturated heterocycles. The van der Waals surface area contributed by atoms with E-state index in [4.69, 9.17) is 15.2 Å². The molecule has 1 heterocycles. The number of likely N-dealkylation sites (tertiary alicyclic amines) is 1. The SMILES string of the molecule is CC(C)(C)OC(=O)NC(Cc1ccc(OC(C)(C)C)cc1)C(=O)N[C@H]1CCC[C@H]1C(=O)NC(Cc1ccccc1)C(=O)N1CCCC1C(N)=O. The molecule has 1 aliphatic heterocycles. The minimum atomic E-state index is -0.989. The summed E-state index contributed by atoms with van der Waals surface area (Å²) in [5, 5.41) is 8.70. The van der Waals surface area contributed by atoms with Gasteiger partial charge in [-0.1, -0.05) is 48.9 Å². The van der Waals surface area contributed by atoms with Crippen molar-refractivity contribution in [2.75, 3.05) is 6.54 Å². The molecule has 1 aliphatic carbocycles. The summed E-state index contributed by atoms with van der Waals surface area (Å²) in [6, 6.07) is 13.5. The predicted molar refractivity (Wildman–Crippen MR) is 189 cm³/mol. The van der Waals surface area contributed by atoms with Crippen LogP contribution in [0, 0.1) is 5.92 Å². The first kappa shape index (κ1) is 38.2. The molecular weight excluding hydrogens is 638 g/mol. The van der Waals surface area contributed by atoms with E-state index in [2.05, 4.69) is 16.0 Å². The van der Waals surface area contributed by atoms with Crippen molar-refractivity contribution in [3.05, 3.63) is 65.7 Å². The highest BCUT2D eigenvalue weighted by Crippen LogP contribution is 2.27. The Hall–Kier alpha value is -4.61. The molecular formula is C38H53N5O7. The zero-order valence-electron chi connectivity index (χ0n) is 30.1. The highest BCUT2D eigenvalue weighted by Gasteiger charge is 2.40. The Kier molecular flexibility index (Phi) is 12.5. The number of amides is 5. The first-order chi connectivity index (χ1) is 23.5. The van der Waals surface area contributed by atoms with Crippen molar-refractivity contribution in [2.24, 2.45) is 11.7 Å². The fraction of sp³-hybridized carbons (Fsp3) is 0.553. The van der Waals surface area contributed by atoms with E-state index in [-0.39, 0.29) is 30.3 Å². The van der Waals surface area contributed by atoms with Crippen LogP contribution in [0.3, 0.4) is 0 Å². The minimum absolute atomic E-state index is 0.176. The van der Waals surface area contributed by atoms with Crippen molar-refractivity contribution in [3.63, 3.8) is 0 Å². The highest BCUT2D eigenvalue weighted by atomic mass is 16.6. The standard InChI is InChI=1S/C38H53N5O7/c1-37(2,3)49-26-19-17-25(18-20-26)22-29(42-36(48)50-38(4,5)6)34(46)40-28-15-10-14-27(28)33(45)41-30(23-24-12-8-7-9-13-24)35(47)43-21-11-16-31(43)32(39)44/h7-9,12-13,17-20,27-31H,10-11,14-16,21-23H2,1-6H3,(H2,39,44)(H,40,46)(H,41,45)(H,42,48)/t27-,28+,29?,30?,31?/m1/s1. The summed E-state index contributed by atoms with van der Waals surface area (Å²) in [6.07, 6.45) is 2.56. The second-order valence-corrected chi connectivity index (χ2v) is 15.3. The molecule has 2 aromatic rings. The molecule has 0 spiro atoms. The molecule has 4 rings (SSSR count). The molecule has 5 N–H and O–H groups in total. The van der Waals surface area contributed by atoms with E-state index in [1.165, 1.54) is 4.90 Å². The molecule has 3 unspecified atom stereocenters. The number of carbonyl (C=O) groups is 5. The third kappa shape index (κ3) is 11.2. The van der Waals surface area contributed by atoms with Crippen molar-refractivity contribution in [2.45, 2.75) is 122 Å². The number of nitrogens with one attached hydrogen (secondary N) is 3. The maximum absolute atomic E-state index is 13.9. The Morgan fingerprint density at radius 2 is 1.44 bits per heavy atom. The number of hydrogen-bond donors (Lipinski definition) is 4. The summed E-state index contributed by atoms with van der Waals surface area (Å²) in [5.41, 5.74) is 6.11. The largest absolute Gasteiger partial charge is 0.488 e. The number of rotatable bonds is 12. The fourth-order valence-corrected chi connectivity index (χ4v) is 6.53. The normalized spacial score (nSPS) is 20.4. The molecule has 12 nitrogen and oxygen atoms in total. The van der Waals surface area contributed by atoms with E-state index >= 15 is 0 Å². The Bertz CT molecular complexity index is 1500. The molecule has 2 fully saturated rings. The van der Waals surface area contributed by atoms with Gasteiger partial charge in [-0.15, -0.1) is 0 Å². The van der Waals surface area contributed by atoms with Crippen LogP contribution >= 0.6 is 0 Å². The lowest BCUT2D eigenvalue weighted by molar-refractivity contribution is -0.141. The summed E-state index contributed by atoms with van der Waals surface area (Å²) < 4.78 is 11.4. The maximum atomic E-state index is 13.9. The lowest BCUT2D eigenvalue weighted by Gasteiger charge is -2.30. The monoisotopic (exact) mass is 691 g/mol. The number of ether oxygens (including phenoxy) is 2. The van der Waals surface area contributed by atoms with Gasteiger partial charge in [0.1, 0.15) is 35.1 Å². The summed E-state index contributed by atoms with van der Waals surface area (Å²) in [6.45, 7) is 11.5. The number of nitrogens with two attached hydrogens (primary N) is 1. The third-order valence-corrected chi connectivity index (χ3v) is 8.74. The van der Waals surface area contributed by atoms with Crippen LogP contribution in [0.1, 0.15) is 84.8 Å². The fourth-order valence-electron chi connectivity index (χ4n) is 6.53. The Morgan fingerprint density at radius 3 is 2.06 bits per heavy atom. The van der Waals surface area contributed by atoms with Gasteiger partial charge in [-0.2, -0.15) is 0 Å². The van der Waals surface area contributed by atoms with Gasteiger partial charge in [0.2, 0.25) is 23.6 Å². The van der Waals surface area contributed by atoms with Crippen LogP contribution < -0.4 is 26.4 Å². The number of carbonyl (C=O) groups excluding carboxylic acids is 5. The quantitative estimate of drug-likeness (QED) is 0.263. The van der Waals surface area contributed by atoms with Gasteiger partial charge < -0.3 is 36.1 Å². The number of benzene rings is 2. The molecule has 5 atom stereocenters. The van der Waals surface area contributed by atoms with Crippen molar-refractivity contribution < 1.29 is 33.4 Å². The summed E-state index contributed by atoms with van der Waals surface area (Å²) in [5.74, 6) is -1.66. The Morgan fingerprint density at radius 1 is 0.800 bits per heavy atom. The lowest BCUT2D eigenvalue weighted by atomic mass is 9.98. The molecule has 50 heavy (non-hydrogen) atoms. The van der Waals surface area contributed by atoms with Gasteiger partial charge in [0, 0.05) is 25.4 Å². The lowest BCUT2D eigenvalue weighted by Crippen LogP contribution is -2.56. The molecule has 2 aliphatic rings. The molecule has 5 amide bonds. The molecule has 0 aromatic heterocycles. The Labute approximate surface area is 295 Å². The van der Waals surface area contributed by atoms with Crippen LogP contribution in [0.2, 0.25) is 0 Å². The van der Waals surface area contributed by atoms with Crippen molar-refractivity contribution >= 4 is 29.7 Å². The zero-order valence-corrected chi connectivity index (χ0v) is 30.1.